The summed E-state index contributed by atoms with van der Waals surface area (Å²) in [5.74, 6) is 0. The maximum absolute atomic E-state index is 8.85. The molecule has 0 amide bonds. The van der Waals surface area contributed by atoms with Crippen molar-refractivity contribution in [2.75, 3.05) is 19.8 Å². The van der Waals surface area contributed by atoms with Crippen LogP contribution in [0.5, 0.6) is 0 Å². The molecule has 0 aromatic heterocycles. The lowest BCUT2D eigenvalue weighted by Crippen LogP contribution is -2.59. The summed E-state index contributed by atoms with van der Waals surface area (Å²) in [6.45, 7) is 6.06. The number of rotatable bonds is 7. The fraction of sp³-hybridized carbons (Fsp3) is 1.00. The van der Waals surface area contributed by atoms with Gasteiger partial charge < -0.3 is 20.9 Å². The van der Waals surface area contributed by atoms with Crippen molar-refractivity contribution in [1.29, 1.82) is 0 Å². The Morgan fingerprint density at radius 1 is 1.59 bits per heavy atom. The fourth-order valence-electron chi connectivity index (χ4n) is 2.65. The van der Waals surface area contributed by atoms with Crippen LogP contribution in [0.4, 0.5) is 0 Å². The third-order valence-electron chi connectivity index (χ3n) is 3.75. The van der Waals surface area contributed by atoms with Gasteiger partial charge in [0.25, 0.3) is 0 Å². The molecule has 3 unspecified atom stereocenters. The van der Waals surface area contributed by atoms with Crippen LogP contribution >= 0.6 is 0 Å². The number of hydrogen-bond acceptors (Lipinski definition) is 4. The second-order valence-corrected chi connectivity index (χ2v) is 5.25. The average Bonchev–Trinajstić information content (AvgIpc) is 2.36. The average molecular weight is 244 g/mol. The van der Waals surface area contributed by atoms with Gasteiger partial charge in [0.2, 0.25) is 0 Å². The Bertz CT molecular complexity index is 214. The van der Waals surface area contributed by atoms with E-state index in [1.807, 2.05) is 0 Å². The lowest BCUT2D eigenvalue weighted by molar-refractivity contribution is -0.0308. The smallest absolute Gasteiger partial charge is 0.0590 e. The van der Waals surface area contributed by atoms with Gasteiger partial charge >= 0.3 is 0 Å². The standard InChI is InChI=1S/C13H28N2O2/c1-3-12-9-13(10-14,6-8-17-12)15-11(2)5-4-7-16/h11-12,15-16H,3-10,14H2,1-2H3. The summed E-state index contributed by atoms with van der Waals surface area (Å²) >= 11 is 0. The summed E-state index contributed by atoms with van der Waals surface area (Å²) in [4.78, 5) is 0. The Labute approximate surface area is 105 Å². The number of ether oxygens (including phenoxy) is 1. The van der Waals surface area contributed by atoms with Crippen LogP contribution in [-0.2, 0) is 4.74 Å². The predicted octanol–water partition coefficient (Wildman–Crippen LogP) is 1.02. The van der Waals surface area contributed by atoms with Gasteiger partial charge in [-0.3, -0.25) is 0 Å². The van der Waals surface area contributed by atoms with Gasteiger partial charge in [0.05, 0.1) is 6.10 Å². The minimum Gasteiger partial charge on any atom is -0.396 e. The quantitative estimate of drug-likeness (QED) is 0.625. The topological polar surface area (TPSA) is 67.5 Å². The summed E-state index contributed by atoms with van der Waals surface area (Å²) in [6.07, 6.45) is 5.23. The Hall–Kier alpha value is -0.160. The third-order valence-corrected chi connectivity index (χ3v) is 3.75. The van der Waals surface area contributed by atoms with Crippen molar-refractivity contribution in [3.63, 3.8) is 0 Å². The van der Waals surface area contributed by atoms with Crippen LogP contribution in [0.15, 0.2) is 0 Å². The van der Waals surface area contributed by atoms with Gasteiger partial charge in [0, 0.05) is 31.3 Å². The second kappa shape index (κ2) is 7.31. The lowest BCUT2D eigenvalue weighted by Gasteiger charge is -2.42. The minimum atomic E-state index is 0.0355. The van der Waals surface area contributed by atoms with E-state index in [-0.39, 0.29) is 12.1 Å². The first-order valence-corrected chi connectivity index (χ1v) is 6.86. The van der Waals surface area contributed by atoms with Gasteiger partial charge in [-0.15, -0.1) is 0 Å². The van der Waals surface area contributed by atoms with E-state index in [2.05, 4.69) is 19.2 Å². The number of nitrogens with two attached hydrogens (primary N) is 1. The maximum atomic E-state index is 8.85. The molecule has 0 aromatic rings. The van der Waals surface area contributed by atoms with Crippen molar-refractivity contribution in [3.8, 4) is 0 Å². The van der Waals surface area contributed by atoms with Gasteiger partial charge in [-0.1, -0.05) is 6.92 Å². The van der Waals surface area contributed by atoms with Crippen molar-refractivity contribution < 1.29 is 9.84 Å². The summed E-state index contributed by atoms with van der Waals surface area (Å²) in [7, 11) is 0. The van der Waals surface area contributed by atoms with E-state index in [4.69, 9.17) is 15.6 Å². The van der Waals surface area contributed by atoms with E-state index >= 15 is 0 Å². The highest BCUT2D eigenvalue weighted by atomic mass is 16.5. The Morgan fingerprint density at radius 3 is 2.94 bits per heavy atom. The molecule has 0 saturated carbocycles. The zero-order chi connectivity index (χ0) is 12.7. The molecule has 4 N–H and O–H groups in total. The molecular weight excluding hydrogens is 216 g/mol. The molecule has 4 heteroatoms. The van der Waals surface area contributed by atoms with Crippen LogP contribution in [-0.4, -0.2) is 42.5 Å². The maximum Gasteiger partial charge on any atom is 0.0590 e. The Morgan fingerprint density at radius 2 is 2.35 bits per heavy atom. The van der Waals surface area contributed by atoms with Gasteiger partial charge in [0.1, 0.15) is 0 Å². The largest absolute Gasteiger partial charge is 0.396 e. The molecule has 17 heavy (non-hydrogen) atoms. The molecule has 1 fully saturated rings. The molecular formula is C13H28N2O2. The number of aliphatic hydroxyl groups excluding tert-OH is 1. The zero-order valence-corrected chi connectivity index (χ0v) is 11.2. The van der Waals surface area contributed by atoms with E-state index in [0.717, 1.165) is 38.7 Å². The number of aliphatic hydroxyl groups is 1. The SMILES string of the molecule is CCC1CC(CN)(NC(C)CCCO)CCO1. The zero-order valence-electron chi connectivity index (χ0n) is 11.2. The van der Waals surface area contributed by atoms with Crippen LogP contribution in [0.25, 0.3) is 0 Å². The minimum absolute atomic E-state index is 0.0355. The molecule has 0 bridgehead atoms. The molecule has 0 radical (unpaired) electrons. The molecule has 1 aliphatic heterocycles. The summed E-state index contributed by atoms with van der Waals surface area (Å²) in [5, 5.41) is 12.5. The highest BCUT2D eigenvalue weighted by Crippen LogP contribution is 2.26. The van der Waals surface area contributed by atoms with Crippen LogP contribution in [0, 0.1) is 0 Å². The van der Waals surface area contributed by atoms with Crippen molar-refractivity contribution in [3.05, 3.63) is 0 Å². The van der Waals surface area contributed by atoms with Gasteiger partial charge in [-0.2, -0.15) is 0 Å². The second-order valence-electron chi connectivity index (χ2n) is 5.25. The Kier molecular flexibility index (Phi) is 6.41. The first kappa shape index (κ1) is 14.9. The Balaban J connectivity index is 2.49. The highest BCUT2D eigenvalue weighted by Gasteiger charge is 2.35. The van der Waals surface area contributed by atoms with Crippen molar-refractivity contribution in [2.45, 2.75) is 63.6 Å². The van der Waals surface area contributed by atoms with E-state index in [1.54, 1.807) is 0 Å². The van der Waals surface area contributed by atoms with E-state index in [0.29, 0.717) is 18.7 Å². The fourth-order valence-corrected chi connectivity index (χ4v) is 2.65. The monoisotopic (exact) mass is 244 g/mol. The van der Waals surface area contributed by atoms with Gasteiger partial charge in [-0.05, 0) is 39.0 Å². The van der Waals surface area contributed by atoms with Crippen LogP contribution in [0.2, 0.25) is 0 Å². The van der Waals surface area contributed by atoms with Crippen molar-refractivity contribution in [1.82, 2.24) is 5.32 Å². The predicted molar refractivity (Wildman–Crippen MR) is 70.0 cm³/mol. The van der Waals surface area contributed by atoms with E-state index in [9.17, 15) is 0 Å². The van der Waals surface area contributed by atoms with Crippen molar-refractivity contribution in [2.24, 2.45) is 5.73 Å². The van der Waals surface area contributed by atoms with Crippen LogP contribution in [0.3, 0.4) is 0 Å². The molecule has 0 aliphatic carbocycles. The molecule has 1 saturated heterocycles. The number of hydrogen-bond donors (Lipinski definition) is 3. The molecule has 3 atom stereocenters. The number of nitrogens with one attached hydrogen (secondary N) is 1. The molecule has 1 rings (SSSR count). The summed E-state index contributed by atoms with van der Waals surface area (Å²) < 4.78 is 5.71. The summed E-state index contributed by atoms with van der Waals surface area (Å²) in [6, 6.07) is 0.404. The van der Waals surface area contributed by atoms with E-state index in [1.165, 1.54) is 0 Å². The first-order chi connectivity index (χ1) is 8.15. The lowest BCUT2D eigenvalue weighted by atomic mass is 9.85. The highest BCUT2D eigenvalue weighted by molar-refractivity contribution is 4.95. The van der Waals surface area contributed by atoms with Gasteiger partial charge in [-0.25, -0.2) is 0 Å². The molecule has 102 valence electrons. The third kappa shape index (κ3) is 4.54. The van der Waals surface area contributed by atoms with Crippen molar-refractivity contribution >= 4 is 0 Å². The molecule has 1 aliphatic rings. The van der Waals surface area contributed by atoms with E-state index < -0.39 is 0 Å². The molecule has 1 heterocycles. The first-order valence-electron chi connectivity index (χ1n) is 6.86. The normalized spacial score (nSPS) is 31.4. The van der Waals surface area contributed by atoms with Gasteiger partial charge in [0.15, 0.2) is 0 Å². The molecule has 0 spiro atoms. The van der Waals surface area contributed by atoms with Crippen LogP contribution < -0.4 is 11.1 Å². The molecule has 0 aromatic carbocycles. The van der Waals surface area contributed by atoms with Crippen LogP contribution in [0.1, 0.15) is 46.0 Å². The molecule has 4 nitrogen and oxygen atoms in total. The summed E-state index contributed by atoms with van der Waals surface area (Å²) in [5.41, 5.74) is 6.00.